The van der Waals surface area contributed by atoms with Crippen LogP contribution in [0.15, 0.2) is 53.6 Å². The van der Waals surface area contributed by atoms with E-state index in [1.165, 1.54) is 0 Å². The van der Waals surface area contributed by atoms with Gasteiger partial charge in [0.1, 0.15) is 5.75 Å². The predicted octanol–water partition coefficient (Wildman–Crippen LogP) is 4.03. The average molecular weight is 478 g/mol. The highest BCUT2D eigenvalue weighted by Gasteiger charge is 2.53. The Labute approximate surface area is 202 Å². The molecule has 176 valence electrons. The van der Waals surface area contributed by atoms with Gasteiger partial charge in [0.25, 0.3) is 5.56 Å². The van der Waals surface area contributed by atoms with Crippen LogP contribution in [0.4, 0.5) is 5.69 Å². The Hall–Kier alpha value is -3.03. The van der Waals surface area contributed by atoms with Gasteiger partial charge in [0.2, 0.25) is 0 Å². The summed E-state index contributed by atoms with van der Waals surface area (Å²) in [4.78, 5) is 15.0. The van der Waals surface area contributed by atoms with Crippen LogP contribution in [-0.2, 0) is 14.1 Å². The van der Waals surface area contributed by atoms with Crippen molar-refractivity contribution in [3.05, 3.63) is 64.2 Å². The minimum Gasteiger partial charge on any atom is -0.490 e. The lowest BCUT2D eigenvalue weighted by Crippen LogP contribution is -2.65. The van der Waals surface area contributed by atoms with Gasteiger partial charge in [-0.3, -0.25) is 9.48 Å². The minimum absolute atomic E-state index is 0.0958. The van der Waals surface area contributed by atoms with Gasteiger partial charge in [-0.25, -0.2) is 0 Å². The molecule has 2 aromatic carbocycles. The Morgan fingerprint density at radius 3 is 2.82 bits per heavy atom. The second kappa shape index (κ2) is 8.03. The maximum atomic E-state index is 12.5. The number of benzene rings is 2. The first-order valence-electron chi connectivity index (χ1n) is 11.7. The van der Waals surface area contributed by atoms with E-state index in [-0.39, 0.29) is 11.7 Å². The number of aryl methyl sites for hydroxylation is 2. The predicted molar refractivity (Wildman–Crippen MR) is 136 cm³/mol. The van der Waals surface area contributed by atoms with Crippen LogP contribution in [0.25, 0.3) is 21.7 Å². The third kappa shape index (κ3) is 3.63. The molecule has 1 saturated carbocycles. The van der Waals surface area contributed by atoms with Gasteiger partial charge in [0.05, 0.1) is 28.2 Å². The van der Waals surface area contributed by atoms with Gasteiger partial charge in [-0.15, -0.1) is 0 Å². The Balaban J connectivity index is 1.01. The summed E-state index contributed by atoms with van der Waals surface area (Å²) < 4.78 is 9.76. The Kier molecular flexibility index (Phi) is 5.08. The number of hydrogen-bond donors (Lipinski definition) is 1. The van der Waals surface area contributed by atoms with E-state index in [0.717, 1.165) is 66.7 Å². The molecule has 1 N–H and O–H groups in total. The van der Waals surface area contributed by atoms with Gasteiger partial charge in [0, 0.05) is 68.3 Å². The molecule has 0 amide bonds. The third-order valence-corrected chi connectivity index (χ3v) is 7.71. The van der Waals surface area contributed by atoms with Gasteiger partial charge < -0.3 is 19.5 Å². The summed E-state index contributed by atoms with van der Waals surface area (Å²) in [6.07, 6.45) is 5.97. The zero-order valence-electron chi connectivity index (χ0n) is 19.4. The minimum atomic E-state index is -0.0958. The number of fused-ring (bicyclic) bond motifs is 2. The summed E-state index contributed by atoms with van der Waals surface area (Å²) in [5, 5.41) is 10.8. The van der Waals surface area contributed by atoms with Crippen LogP contribution in [-0.4, -0.2) is 51.5 Å². The van der Waals surface area contributed by atoms with Crippen LogP contribution in [0, 0.1) is 5.41 Å². The fraction of sp³-hybridized carbons (Fsp3) is 0.385. The second-order valence-electron chi connectivity index (χ2n) is 9.89. The Morgan fingerprint density at radius 1 is 1.18 bits per heavy atom. The molecule has 0 atom stereocenters. The average Bonchev–Trinajstić information content (AvgIpc) is 3.14. The molecule has 2 aromatic heterocycles. The largest absolute Gasteiger partial charge is 0.490 e. The number of hydrogen-bond acceptors (Lipinski definition) is 5. The molecule has 1 aliphatic heterocycles. The monoisotopic (exact) mass is 477 g/mol. The van der Waals surface area contributed by atoms with E-state index in [1.807, 2.05) is 30.1 Å². The number of halogens is 1. The fourth-order valence-electron chi connectivity index (χ4n) is 5.59. The highest BCUT2D eigenvalue weighted by atomic mass is 35.5. The molecular weight excluding hydrogens is 450 g/mol. The molecule has 8 heteroatoms. The number of likely N-dealkylation sites (tertiary alicyclic amines) is 1. The molecule has 7 nitrogen and oxygen atoms in total. The maximum Gasteiger partial charge on any atom is 0.259 e. The Morgan fingerprint density at radius 2 is 2.00 bits per heavy atom. The molecule has 1 saturated heterocycles. The van der Waals surface area contributed by atoms with Crippen LogP contribution >= 0.6 is 11.6 Å². The van der Waals surface area contributed by atoms with Crippen molar-refractivity contribution in [3.63, 3.8) is 0 Å². The van der Waals surface area contributed by atoms with E-state index < -0.39 is 0 Å². The molecular formula is C26H28ClN5O2. The molecule has 1 spiro atoms. The van der Waals surface area contributed by atoms with Gasteiger partial charge in [0.15, 0.2) is 0 Å². The van der Waals surface area contributed by atoms with Crippen LogP contribution in [0.3, 0.4) is 0 Å². The van der Waals surface area contributed by atoms with Gasteiger partial charge >= 0.3 is 0 Å². The van der Waals surface area contributed by atoms with Crippen LogP contribution in [0.1, 0.15) is 12.8 Å². The quantitative estimate of drug-likeness (QED) is 0.454. The topological polar surface area (TPSA) is 64.3 Å². The molecule has 0 unspecified atom stereocenters. The third-order valence-electron chi connectivity index (χ3n) is 7.39. The van der Waals surface area contributed by atoms with Crippen molar-refractivity contribution >= 4 is 39.0 Å². The first kappa shape index (κ1) is 21.5. The summed E-state index contributed by atoms with van der Waals surface area (Å²) in [5.41, 5.74) is 2.56. The molecule has 0 radical (unpaired) electrons. The van der Waals surface area contributed by atoms with Crippen LogP contribution in [0.5, 0.6) is 5.75 Å². The van der Waals surface area contributed by atoms with Gasteiger partial charge in [-0.2, -0.15) is 5.10 Å². The molecule has 6 rings (SSSR count). The maximum absolute atomic E-state index is 12.5. The molecule has 2 aliphatic rings. The van der Waals surface area contributed by atoms with Crippen LogP contribution in [0.2, 0.25) is 5.02 Å². The first-order valence-corrected chi connectivity index (χ1v) is 12.1. The van der Waals surface area contributed by atoms with Crippen molar-refractivity contribution in [2.24, 2.45) is 19.5 Å². The number of nitrogens with zero attached hydrogens (tertiary/aromatic N) is 4. The summed E-state index contributed by atoms with van der Waals surface area (Å²) >= 11 is 6.31. The zero-order valence-corrected chi connectivity index (χ0v) is 20.2. The van der Waals surface area contributed by atoms with E-state index in [9.17, 15) is 4.79 Å². The van der Waals surface area contributed by atoms with Crippen molar-refractivity contribution in [1.29, 1.82) is 0 Å². The standard InChI is InChI=1S/C26H28ClN5O2/c1-30-9-7-20-23(6-5-21(27)24(20)25(30)33)34-19-12-26(13-19)15-32(16-26)10-8-28-18-4-3-17-14-29-31(2)22(17)11-18/h3-7,9,11,14,19,28H,8,10,12-13,15-16H2,1-2H3. The summed E-state index contributed by atoms with van der Waals surface area (Å²) in [5.74, 6) is 0.753. The highest BCUT2D eigenvalue weighted by molar-refractivity contribution is 6.35. The van der Waals surface area contributed by atoms with Crippen molar-refractivity contribution in [3.8, 4) is 5.75 Å². The lowest BCUT2D eigenvalue weighted by atomic mass is 9.62. The summed E-state index contributed by atoms with van der Waals surface area (Å²) in [6, 6.07) is 11.9. The number of anilines is 1. The van der Waals surface area contributed by atoms with E-state index >= 15 is 0 Å². The second-order valence-corrected chi connectivity index (χ2v) is 10.3. The van der Waals surface area contributed by atoms with E-state index in [0.29, 0.717) is 15.8 Å². The van der Waals surface area contributed by atoms with Crippen molar-refractivity contribution in [1.82, 2.24) is 19.2 Å². The molecule has 3 heterocycles. The number of aromatic nitrogens is 3. The molecule has 1 aliphatic carbocycles. The van der Waals surface area contributed by atoms with Crippen molar-refractivity contribution in [2.75, 3.05) is 31.5 Å². The number of nitrogens with one attached hydrogen (secondary N) is 1. The molecule has 0 bridgehead atoms. The van der Waals surface area contributed by atoms with Crippen LogP contribution < -0.4 is 15.6 Å². The number of pyridine rings is 1. The van der Waals surface area contributed by atoms with Crippen molar-refractivity contribution < 1.29 is 4.74 Å². The van der Waals surface area contributed by atoms with E-state index in [2.05, 4.69) is 33.5 Å². The van der Waals surface area contributed by atoms with E-state index in [1.54, 1.807) is 23.9 Å². The number of ether oxygens (including phenoxy) is 1. The summed E-state index contributed by atoms with van der Waals surface area (Å²) in [6.45, 7) is 4.20. The normalized spacial score (nSPS) is 17.7. The molecule has 4 aromatic rings. The number of rotatable bonds is 6. The SMILES string of the molecule is Cn1ccc2c(OC3CC4(C3)CN(CCNc3ccc5cnn(C)c5c3)C4)ccc(Cl)c2c1=O. The highest BCUT2D eigenvalue weighted by Crippen LogP contribution is 2.50. The fourth-order valence-corrected chi connectivity index (χ4v) is 5.84. The first-order chi connectivity index (χ1) is 16.4. The van der Waals surface area contributed by atoms with Gasteiger partial charge in [-0.1, -0.05) is 11.6 Å². The lowest BCUT2D eigenvalue weighted by Gasteiger charge is -2.58. The van der Waals surface area contributed by atoms with Crippen molar-refractivity contribution in [2.45, 2.75) is 18.9 Å². The molecule has 2 fully saturated rings. The lowest BCUT2D eigenvalue weighted by molar-refractivity contribution is -0.117. The zero-order chi connectivity index (χ0) is 23.4. The summed E-state index contributed by atoms with van der Waals surface area (Å²) in [7, 11) is 3.70. The molecule has 34 heavy (non-hydrogen) atoms. The smallest absolute Gasteiger partial charge is 0.259 e. The van der Waals surface area contributed by atoms with E-state index in [4.69, 9.17) is 16.3 Å². The van der Waals surface area contributed by atoms with Gasteiger partial charge in [-0.05, 0) is 49.2 Å². The Bertz CT molecular complexity index is 1450.